The van der Waals surface area contributed by atoms with E-state index in [-0.39, 0.29) is 18.5 Å². The molecule has 0 fully saturated rings. The number of carbonyl (C=O) groups excluding carboxylic acids is 2. The van der Waals surface area contributed by atoms with Gasteiger partial charge in [0.05, 0.1) is 25.4 Å². The molecule has 0 aliphatic carbocycles. The number of nitrogens with one attached hydrogen (secondary N) is 1. The van der Waals surface area contributed by atoms with Crippen molar-refractivity contribution < 1.29 is 24.5 Å². The van der Waals surface area contributed by atoms with Crippen molar-refractivity contribution in [1.29, 1.82) is 0 Å². The number of allylic oxidation sites excluding steroid dienone is 2. The van der Waals surface area contributed by atoms with E-state index in [0.717, 1.165) is 38.5 Å². The lowest BCUT2D eigenvalue weighted by molar-refractivity contribution is -0.143. The Labute approximate surface area is 559 Å². The summed E-state index contributed by atoms with van der Waals surface area (Å²) in [5.41, 5.74) is 0. The summed E-state index contributed by atoms with van der Waals surface area (Å²) in [6.45, 7) is 5.02. The number of aliphatic hydroxyl groups is 2. The van der Waals surface area contributed by atoms with Gasteiger partial charge in [0.2, 0.25) is 5.91 Å². The van der Waals surface area contributed by atoms with Crippen molar-refractivity contribution in [3.63, 3.8) is 0 Å². The molecule has 0 saturated carbocycles. The van der Waals surface area contributed by atoms with Crippen molar-refractivity contribution >= 4 is 11.9 Å². The average Bonchev–Trinajstić information content (AvgIpc) is 3.57. The molecule has 0 rings (SSSR count). The van der Waals surface area contributed by atoms with Crippen LogP contribution < -0.4 is 5.32 Å². The smallest absolute Gasteiger partial charge is 0.305 e. The van der Waals surface area contributed by atoms with E-state index in [9.17, 15) is 19.8 Å². The van der Waals surface area contributed by atoms with Crippen molar-refractivity contribution in [3.8, 4) is 0 Å². The van der Waals surface area contributed by atoms with Crippen LogP contribution in [0, 0.1) is 0 Å². The zero-order valence-electron chi connectivity index (χ0n) is 61.0. The lowest BCUT2D eigenvalue weighted by Gasteiger charge is -2.22. The molecule has 0 heterocycles. The van der Waals surface area contributed by atoms with Gasteiger partial charge in [-0.05, 0) is 51.4 Å². The standard InChI is InChI=1S/C83H163NO5/c1-3-5-7-9-11-13-15-17-19-21-22-23-35-38-41-44-47-51-55-59-63-67-71-75-81(86)80(79-85)84-82(87)76-72-68-64-60-56-52-48-45-42-39-36-33-31-29-27-25-24-26-28-30-32-34-37-40-43-46-50-54-58-62-66-70-74-78-89-83(88)77-73-69-65-61-57-53-49-20-18-16-14-12-10-8-6-4-2/h28,30,80-81,85-86H,3-27,29,31-79H2,1-2H3,(H,84,87)/b30-28-. The largest absolute Gasteiger partial charge is 0.466 e. The van der Waals surface area contributed by atoms with Gasteiger partial charge in [-0.15, -0.1) is 0 Å². The van der Waals surface area contributed by atoms with E-state index in [2.05, 4.69) is 31.3 Å². The second-order valence-corrected chi connectivity index (χ2v) is 28.8. The second kappa shape index (κ2) is 79.0. The summed E-state index contributed by atoms with van der Waals surface area (Å²) in [5.74, 6) is -0.00201. The van der Waals surface area contributed by atoms with Gasteiger partial charge in [0.25, 0.3) is 0 Å². The third-order valence-electron chi connectivity index (χ3n) is 19.8. The number of aliphatic hydroxyl groups excluding tert-OH is 2. The summed E-state index contributed by atoms with van der Waals surface area (Å²) in [5, 5.41) is 23.5. The monoisotopic (exact) mass is 1250 g/mol. The first-order valence-corrected chi connectivity index (χ1v) is 41.4. The van der Waals surface area contributed by atoms with Crippen LogP contribution in [0.25, 0.3) is 0 Å². The van der Waals surface area contributed by atoms with Gasteiger partial charge in [-0.25, -0.2) is 0 Å². The summed E-state index contributed by atoms with van der Waals surface area (Å²) in [4.78, 5) is 24.7. The Kier molecular flexibility index (Phi) is 77.8. The second-order valence-electron chi connectivity index (χ2n) is 28.8. The molecule has 0 aromatic carbocycles. The Morgan fingerprint density at radius 3 is 0.798 bits per heavy atom. The van der Waals surface area contributed by atoms with Crippen LogP contribution in [0.15, 0.2) is 12.2 Å². The van der Waals surface area contributed by atoms with Crippen LogP contribution >= 0.6 is 0 Å². The Morgan fingerprint density at radius 2 is 0.528 bits per heavy atom. The summed E-state index contributed by atoms with van der Waals surface area (Å²) < 4.78 is 5.51. The van der Waals surface area contributed by atoms with E-state index >= 15 is 0 Å². The predicted octanol–water partition coefficient (Wildman–Crippen LogP) is 27.4. The van der Waals surface area contributed by atoms with E-state index in [1.807, 2.05) is 0 Å². The Morgan fingerprint density at radius 1 is 0.303 bits per heavy atom. The molecule has 0 bridgehead atoms. The number of esters is 1. The van der Waals surface area contributed by atoms with E-state index < -0.39 is 12.1 Å². The molecule has 0 spiro atoms. The first-order chi connectivity index (χ1) is 44.0. The van der Waals surface area contributed by atoms with Gasteiger partial charge in [0.1, 0.15) is 0 Å². The van der Waals surface area contributed by atoms with E-state index in [0.29, 0.717) is 25.9 Å². The van der Waals surface area contributed by atoms with Crippen LogP contribution in [0.3, 0.4) is 0 Å². The Bertz CT molecular complexity index is 1350. The number of rotatable bonds is 79. The van der Waals surface area contributed by atoms with Crippen molar-refractivity contribution in [1.82, 2.24) is 5.32 Å². The van der Waals surface area contributed by atoms with Crippen molar-refractivity contribution in [2.75, 3.05) is 13.2 Å². The molecule has 0 aromatic heterocycles. The molecule has 3 N–H and O–H groups in total. The zero-order valence-corrected chi connectivity index (χ0v) is 61.0. The maximum atomic E-state index is 12.6. The summed E-state index contributed by atoms with van der Waals surface area (Å²) in [6.07, 6.45) is 100. The molecule has 6 heteroatoms. The predicted molar refractivity (Wildman–Crippen MR) is 394 cm³/mol. The minimum absolute atomic E-state index is 0.0236. The average molecular weight is 1260 g/mol. The van der Waals surface area contributed by atoms with Crippen LogP contribution in [0.4, 0.5) is 0 Å². The third kappa shape index (κ3) is 75.5. The number of hydrogen-bond donors (Lipinski definition) is 3. The SMILES string of the molecule is CCCCCCCCCCCCCCCCCCCCCCCCCC(O)C(CO)NC(=O)CCCCCCCCCCCCCCCCCCC/C=C\CCCCCCCCCCCCCCOC(=O)CCCCCCCCCCCCCCCCCC. The Hall–Kier alpha value is -1.40. The molecule has 0 aliphatic rings. The van der Waals surface area contributed by atoms with Gasteiger partial charge in [0.15, 0.2) is 0 Å². The van der Waals surface area contributed by atoms with Crippen LogP contribution in [0.5, 0.6) is 0 Å². The summed E-state index contributed by atoms with van der Waals surface area (Å²) in [6, 6.07) is -0.540. The molecule has 0 aromatic rings. The maximum absolute atomic E-state index is 12.6. The molecule has 0 radical (unpaired) electrons. The number of ether oxygens (including phenoxy) is 1. The molecule has 0 saturated heterocycles. The number of unbranched alkanes of at least 4 members (excludes halogenated alkanes) is 66. The number of amides is 1. The van der Waals surface area contributed by atoms with E-state index in [1.165, 1.54) is 411 Å². The fourth-order valence-electron chi connectivity index (χ4n) is 13.5. The van der Waals surface area contributed by atoms with Gasteiger partial charge in [-0.1, -0.05) is 431 Å². The topological polar surface area (TPSA) is 95.9 Å². The summed E-state index contributed by atoms with van der Waals surface area (Å²) in [7, 11) is 0. The fourth-order valence-corrected chi connectivity index (χ4v) is 13.5. The van der Waals surface area contributed by atoms with Crippen molar-refractivity contribution in [2.24, 2.45) is 0 Å². The van der Waals surface area contributed by atoms with Gasteiger partial charge in [0, 0.05) is 12.8 Å². The van der Waals surface area contributed by atoms with Gasteiger partial charge in [-0.2, -0.15) is 0 Å². The highest BCUT2D eigenvalue weighted by Gasteiger charge is 2.20. The van der Waals surface area contributed by atoms with Crippen molar-refractivity contribution in [3.05, 3.63) is 12.2 Å². The minimum Gasteiger partial charge on any atom is -0.466 e. The summed E-state index contributed by atoms with van der Waals surface area (Å²) >= 11 is 0. The minimum atomic E-state index is -0.663. The molecule has 0 aliphatic heterocycles. The molecule has 6 nitrogen and oxygen atoms in total. The highest BCUT2D eigenvalue weighted by Crippen LogP contribution is 2.21. The molecule has 2 unspecified atom stereocenters. The normalized spacial score (nSPS) is 12.4. The number of hydrogen-bond acceptors (Lipinski definition) is 5. The van der Waals surface area contributed by atoms with Crippen LogP contribution in [0.2, 0.25) is 0 Å². The van der Waals surface area contributed by atoms with E-state index in [1.54, 1.807) is 0 Å². The molecule has 89 heavy (non-hydrogen) atoms. The third-order valence-corrected chi connectivity index (χ3v) is 19.8. The van der Waals surface area contributed by atoms with Crippen LogP contribution in [-0.4, -0.2) is 47.4 Å². The van der Waals surface area contributed by atoms with Crippen LogP contribution in [-0.2, 0) is 14.3 Å². The molecule has 2 atom stereocenters. The first-order valence-electron chi connectivity index (χ1n) is 41.4. The molecule has 1 amide bonds. The number of carbonyl (C=O) groups is 2. The zero-order chi connectivity index (χ0) is 64.2. The van der Waals surface area contributed by atoms with E-state index in [4.69, 9.17) is 4.74 Å². The van der Waals surface area contributed by atoms with Gasteiger partial charge >= 0.3 is 5.97 Å². The Balaban J connectivity index is 3.34. The molecular formula is C83H163NO5. The van der Waals surface area contributed by atoms with Crippen LogP contribution in [0.1, 0.15) is 483 Å². The quantitative estimate of drug-likeness (QED) is 0.0320. The molecule has 530 valence electrons. The molecular weight excluding hydrogens is 1090 g/mol. The lowest BCUT2D eigenvalue weighted by atomic mass is 10.0. The highest BCUT2D eigenvalue weighted by atomic mass is 16.5. The highest BCUT2D eigenvalue weighted by molar-refractivity contribution is 5.76. The first kappa shape index (κ1) is 87.6. The van der Waals surface area contributed by atoms with Gasteiger partial charge < -0.3 is 20.3 Å². The van der Waals surface area contributed by atoms with Gasteiger partial charge in [-0.3, -0.25) is 9.59 Å². The maximum Gasteiger partial charge on any atom is 0.305 e. The fraction of sp³-hybridized carbons (Fsp3) is 0.952. The lowest BCUT2D eigenvalue weighted by Crippen LogP contribution is -2.45. The van der Waals surface area contributed by atoms with Crippen molar-refractivity contribution in [2.45, 2.75) is 495 Å².